The molecule has 1 aliphatic heterocycles. The molecule has 0 amide bonds. The molecule has 30 heavy (non-hydrogen) atoms. The Balaban J connectivity index is 1.57. The van der Waals surface area contributed by atoms with Crippen molar-refractivity contribution in [1.29, 1.82) is 0 Å². The molecule has 1 unspecified atom stereocenters. The number of nitrogens with zero attached hydrogens (tertiary/aromatic N) is 4. The van der Waals surface area contributed by atoms with E-state index in [0.717, 1.165) is 47.8 Å². The van der Waals surface area contributed by atoms with Gasteiger partial charge in [-0.25, -0.2) is 0 Å². The normalized spacial score (nSPS) is 16.1. The number of rotatable bonds is 8. The molecule has 0 spiro atoms. The fraction of sp³-hybridized carbons (Fsp3) is 0.273. The van der Waals surface area contributed by atoms with Crippen molar-refractivity contribution in [2.75, 3.05) is 0 Å². The number of hydrogen-bond donors (Lipinski definition) is 2. The van der Waals surface area contributed by atoms with Crippen LogP contribution in [-0.4, -0.2) is 38.0 Å². The third-order valence-electron chi connectivity index (χ3n) is 5.28. The second-order valence-electron chi connectivity index (χ2n) is 7.23. The maximum Gasteiger partial charge on any atom is 0.205 e. The predicted octanol–water partition coefficient (Wildman–Crippen LogP) is 4.06. The summed E-state index contributed by atoms with van der Waals surface area (Å²) in [4.78, 5) is 13.6. The molecule has 1 aromatic heterocycles. The molecule has 0 bridgehead atoms. The minimum Gasteiger partial charge on any atom is -0.354 e. The van der Waals surface area contributed by atoms with Crippen molar-refractivity contribution >= 4 is 17.9 Å². The number of hydrogen-bond acceptors (Lipinski definition) is 6. The summed E-state index contributed by atoms with van der Waals surface area (Å²) in [6.45, 7) is 2.76. The van der Waals surface area contributed by atoms with E-state index in [4.69, 9.17) is 11.6 Å². The summed E-state index contributed by atoms with van der Waals surface area (Å²) in [6.07, 6.45) is 3.96. The van der Waals surface area contributed by atoms with Crippen molar-refractivity contribution < 1.29 is 4.79 Å². The van der Waals surface area contributed by atoms with Crippen molar-refractivity contribution in [1.82, 2.24) is 30.8 Å². The van der Waals surface area contributed by atoms with Crippen LogP contribution in [0.25, 0.3) is 22.5 Å². The largest absolute Gasteiger partial charge is 0.354 e. The Morgan fingerprint density at radius 2 is 1.90 bits per heavy atom. The van der Waals surface area contributed by atoms with E-state index in [1.807, 2.05) is 29.2 Å². The van der Waals surface area contributed by atoms with Gasteiger partial charge in [-0.3, -0.25) is 4.79 Å². The van der Waals surface area contributed by atoms with Gasteiger partial charge in [0.1, 0.15) is 17.0 Å². The second-order valence-corrected chi connectivity index (χ2v) is 7.60. The van der Waals surface area contributed by atoms with Crippen LogP contribution in [0.15, 0.2) is 59.4 Å². The Morgan fingerprint density at radius 1 is 1.13 bits per heavy atom. The van der Waals surface area contributed by atoms with E-state index >= 15 is 0 Å². The van der Waals surface area contributed by atoms with Gasteiger partial charge in [-0.1, -0.05) is 73.5 Å². The molecular formula is C22H23ClN6O. The lowest BCUT2D eigenvalue weighted by Gasteiger charge is -2.27. The van der Waals surface area contributed by atoms with Crippen LogP contribution in [0.4, 0.5) is 0 Å². The highest BCUT2D eigenvalue weighted by Crippen LogP contribution is 2.31. The average molecular weight is 423 g/mol. The first kappa shape index (κ1) is 20.1. The number of H-pyrrole nitrogens is 1. The highest BCUT2D eigenvalue weighted by atomic mass is 35.5. The molecule has 2 aromatic carbocycles. The minimum atomic E-state index is 0.0382. The van der Waals surface area contributed by atoms with Crippen LogP contribution >= 0.6 is 11.6 Å². The van der Waals surface area contributed by atoms with Crippen molar-refractivity contribution in [3.8, 4) is 22.5 Å². The number of carbonyl (C=O) groups excluding carboxylic acids is 1. The number of aromatic nitrogens is 4. The summed E-state index contributed by atoms with van der Waals surface area (Å²) in [5.74, 6) is 0.562. The van der Waals surface area contributed by atoms with Gasteiger partial charge < -0.3 is 10.2 Å². The van der Waals surface area contributed by atoms with Crippen LogP contribution in [-0.2, 0) is 11.3 Å². The summed E-state index contributed by atoms with van der Waals surface area (Å²) in [7, 11) is 0. The lowest BCUT2D eigenvalue weighted by atomic mass is 9.98. The predicted molar refractivity (Wildman–Crippen MR) is 116 cm³/mol. The van der Waals surface area contributed by atoms with Crippen LogP contribution < -0.4 is 5.32 Å². The molecule has 1 atom stereocenters. The van der Waals surface area contributed by atoms with Gasteiger partial charge in [0, 0.05) is 12.1 Å². The van der Waals surface area contributed by atoms with Crippen LogP contribution in [0.2, 0.25) is 0 Å². The van der Waals surface area contributed by atoms with Gasteiger partial charge in [-0.2, -0.15) is 5.21 Å². The third-order valence-corrected chi connectivity index (χ3v) is 5.58. The average Bonchev–Trinajstić information content (AvgIpc) is 3.41. The summed E-state index contributed by atoms with van der Waals surface area (Å²) in [5, 5.41) is 18.0. The molecule has 0 fully saturated rings. The van der Waals surface area contributed by atoms with Crippen molar-refractivity contribution in [2.45, 2.75) is 38.9 Å². The number of tetrazole rings is 1. The Bertz CT molecular complexity index is 1030. The highest BCUT2D eigenvalue weighted by Gasteiger charge is 2.29. The third kappa shape index (κ3) is 4.07. The first-order valence-electron chi connectivity index (χ1n) is 10.0. The number of halogens is 1. The van der Waals surface area contributed by atoms with E-state index in [1.165, 1.54) is 0 Å². The maximum atomic E-state index is 11.6. The molecule has 0 aliphatic carbocycles. The van der Waals surface area contributed by atoms with Gasteiger partial charge in [-0.05, 0) is 34.7 Å². The molecule has 2 heterocycles. The quantitative estimate of drug-likeness (QED) is 0.420. The zero-order valence-corrected chi connectivity index (χ0v) is 17.4. The number of aromatic amines is 1. The fourth-order valence-electron chi connectivity index (χ4n) is 3.72. The molecule has 1 aliphatic rings. The molecule has 4 rings (SSSR count). The van der Waals surface area contributed by atoms with Gasteiger partial charge in [0.15, 0.2) is 6.29 Å². The van der Waals surface area contributed by atoms with E-state index in [9.17, 15) is 4.79 Å². The standard InChI is InChI=1S/C22H23ClN6O/c1-2-3-8-20-24-21(23)19(14-30)29(20)13-15-9-11-16(12-10-15)17-6-4-5-7-18(17)22-25-27-28-26-22/h4-7,9-12,14,20,24H,2-3,8,13H2,1H3,(H,25,26,27,28). The summed E-state index contributed by atoms with van der Waals surface area (Å²) in [5.41, 5.74) is 4.63. The monoisotopic (exact) mass is 422 g/mol. The lowest BCUT2D eigenvalue weighted by molar-refractivity contribution is -0.106. The molecule has 2 N–H and O–H groups in total. The number of carbonyl (C=O) groups is 1. The Hall–Kier alpha value is -3.19. The van der Waals surface area contributed by atoms with E-state index in [1.54, 1.807) is 0 Å². The molecule has 3 aromatic rings. The molecule has 7 nitrogen and oxygen atoms in total. The SMILES string of the molecule is CCCCC1NC(Cl)=C(C=O)N1Cc1ccc(-c2ccccc2-c2nn[nH]n2)cc1. The van der Waals surface area contributed by atoms with Gasteiger partial charge >= 0.3 is 0 Å². The number of allylic oxidation sites excluding steroid dienone is 1. The van der Waals surface area contributed by atoms with Gasteiger partial charge in [0.25, 0.3) is 0 Å². The van der Waals surface area contributed by atoms with Gasteiger partial charge in [-0.15, -0.1) is 10.2 Å². The molecule has 0 radical (unpaired) electrons. The van der Waals surface area contributed by atoms with Crippen molar-refractivity contribution in [3.63, 3.8) is 0 Å². The number of nitrogens with one attached hydrogen (secondary N) is 2. The van der Waals surface area contributed by atoms with Crippen LogP contribution in [0.3, 0.4) is 0 Å². The Morgan fingerprint density at radius 3 is 2.57 bits per heavy atom. The minimum absolute atomic E-state index is 0.0382. The molecule has 8 heteroatoms. The van der Waals surface area contributed by atoms with E-state index in [0.29, 0.717) is 23.2 Å². The van der Waals surface area contributed by atoms with Gasteiger partial charge in [0.2, 0.25) is 5.82 Å². The van der Waals surface area contributed by atoms with E-state index < -0.39 is 0 Å². The lowest BCUT2D eigenvalue weighted by Crippen LogP contribution is -2.37. The summed E-state index contributed by atoms with van der Waals surface area (Å²) < 4.78 is 0. The smallest absolute Gasteiger partial charge is 0.205 e. The first-order valence-corrected chi connectivity index (χ1v) is 10.4. The fourth-order valence-corrected chi connectivity index (χ4v) is 4.00. The summed E-state index contributed by atoms with van der Waals surface area (Å²) in [6, 6.07) is 16.3. The molecular weight excluding hydrogens is 400 g/mol. The van der Waals surface area contributed by atoms with Crippen molar-refractivity contribution in [2.24, 2.45) is 0 Å². The van der Waals surface area contributed by atoms with E-state index in [-0.39, 0.29) is 6.17 Å². The second kappa shape index (κ2) is 9.09. The summed E-state index contributed by atoms with van der Waals surface area (Å²) >= 11 is 6.26. The zero-order valence-electron chi connectivity index (χ0n) is 16.7. The topological polar surface area (TPSA) is 86.8 Å². The van der Waals surface area contributed by atoms with Crippen LogP contribution in [0.1, 0.15) is 31.7 Å². The zero-order chi connectivity index (χ0) is 20.9. The van der Waals surface area contributed by atoms with Crippen LogP contribution in [0, 0.1) is 0 Å². The Labute approximate surface area is 180 Å². The maximum absolute atomic E-state index is 11.6. The molecule has 0 saturated heterocycles. The first-order chi connectivity index (χ1) is 14.7. The van der Waals surface area contributed by atoms with Crippen molar-refractivity contribution in [3.05, 3.63) is 64.9 Å². The number of benzene rings is 2. The molecule has 0 saturated carbocycles. The Kier molecular flexibility index (Phi) is 6.09. The molecule has 154 valence electrons. The van der Waals surface area contributed by atoms with E-state index in [2.05, 4.69) is 57.1 Å². The number of unbranched alkanes of at least 4 members (excludes halogenated alkanes) is 1. The van der Waals surface area contributed by atoms with Crippen LogP contribution in [0.5, 0.6) is 0 Å². The highest BCUT2D eigenvalue weighted by molar-refractivity contribution is 6.31. The number of aldehydes is 1. The van der Waals surface area contributed by atoms with Gasteiger partial charge in [0.05, 0.1) is 0 Å².